The lowest BCUT2D eigenvalue weighted by atomic mass is 9.99. The maximum Gasteiger partial charge on any atom is 0.0745 e. The van der Waals surface area contributed by atoms with Crippen molar-refractivity contribution in [1.82, 2.24) is 5.43 Å². The SMILES string of the molecule is NNC(Cc1cccs1)C1CCCCO1. The molecule has 1 saturated heterocycles. The molecule has 1 aromatic heterocycles. The van der Waals surface area contributed by atoms with Gasteiger partial charge in [-0.05, 0) is 30.7 Å². The Balaban J connectivity index is 1.91. The van der Waals surface area contributed by atoms with Gasteiger partial charge in [0.2, 0.25) is 0 Å². The summed E-state index contributed by atoms with van der Waals surface area (Å²) >= 11 is 1.78. The molecule has 0 radical (unpaired) electrons. The quantitative estimate of drug-likeness (QED) is 0.607. The van der Waals surface area contributed by atoms with Gasteiger partial charge in [0.25, 0.3) is 0 Å². The molecule has 4 heteroatoms. The van der Waals surface area contributed by atoms with Gasteiger partial charge in [0.15, 0.2) is 0 Å². The molecule has 3 nitrogen and oxygen atoms in total. The molecule has 0 aromatic carbocycles. The first kappa shape index (κ1) is 11.1. The highest BCUT2D eigenvalue weighted by molar-refractivity contribution is 7.09. The fourth-order valence-corrected chi connectivity index (χ4v) is 2.79. The summed E-state index contributed by atoms with van der Waals surface area (Å²) in [4.78, 5) is 1.37. The second-order valence-electron chi connectivity index (χ2n) is 3.96. The summed E-state index contributed by atoms with van der Waals surface area (Å²) in [6.45, 7) is 0.882. The molecule has 0 saturated carbocycles. The molecule has 1 aliphatic rings. The van der Waals surface area contributed by atoms with Crippen LogP contribution >= 0.6 is 11.3 Å². The van der Waals surface area contributed by atoms with Crippen LogP contribution in [0.2, 0.25) is 0 Å². The fraction of sp³-hybridized carbons (Fsp3) is 0.636. The molecular formula is C11H18N2OS. The molecule has 0 aliphatic carbocycles. The first-order valence-electron chi connectivity index (χ1n) is 5.50. The van der Waals surface area contributed by atoms with Gasteiger partial charge in [-0.2, -0.15) is 0 Å². The van der Waals surface area contributed by atoms with Gasteiger partial charge in [0.05, 0.1) is 12.1 Å². The van der Waals surface area contributed by atoms with Crippen LogP contribution in [0.25, 0.3) is 0 Å². The van der Waals surface area contributed by atoms with Gasteiger partial charge in [-0.3, -0.25) is 11.3 Å². The van der Waals surface area contributed by atoms with Crippen LogP contribution in [0.3, 0.4) is 0 Å². The highest BCUT2D eigenvalue weighted by atomic mass is 32.1. The topological polar surface area (TPSA) is 47.3 Å². The van der Waals surface area contributed by atoms with Crippen LogP contribution in [0.15, 0.2) is 17.5 Å². The third-order valence-electron chi connectivity index (χ3n) is 2.88. The van der Waals surface area contributed by atoms with Crippen molar-refractivity contribution in [2.45, 2.75) is 37.8 Å². The van der Waals surface area contributed by atoms with Gasteiger partial charge < -0.3 is 4.74 Å². The molecule has 2 atom stereocenters. The maximum absolute atomic E-state index is 5.74. The van der Waals surface area contributed by atoms with Crippen molar-refractivity contribution < 1.29 is 4.74 Å². The number of thiophene rings is 1. The van der Waals surface area contributed by atoms with E-state index in [0.29, 0.717) is 0 Å². The zero-order chi connectivity index (χ0) is 10.5. The van der Waals surface area contributed by atoms with E-state index in [4.69, 9.17) is 10.6 Å². The third kappa shape index (κ3) is 3.01. The molecule has 84 valence electrons. The number of hydrogen-bond donors (Lipinski definition) is 2. The standard InChI is InChI=1S/C11H18N2OS/c12-13-10(8-9-4-3-7-15-9)11-5-1-2-6-14-11/h3-4,7,10-11,13H,1-2,5-6,8,12H2. The van der Waals surface area contributed by atoms with E-state index in [1.807, 2.05) is 0 Å². The molecular weight excluding hydrogens is 208 g/mol. The Morgan fingerprint density at radius 2 is 2.53 bits per heavy atom. The van der Waals surface area contributed by atoms with E-state index >= 15 is 0 Å². The molecule has 15 heavy (non-hydrogen) atoms. The number of hydrazine groups is 1. The predicted molar refractivity (Wildman–Crippen MR) is 62.7 cm³/mol. The van der Waals surface area contributed by atoms with Gasteiger partial charge in [-0.25, -0.2) is 0 Å². The number of rotatable bonds is 4. The average molecular weight is 226 g/mol. The Labute approximate surface area is 94.6 Å². The van der Waals surface area contributed by atoms with Crippen molar-refractivity contribution in [3.63, 3.8) is 0 Å². The lowest BCUT2D eigenvalue weighted by Crippen LogP contribution is -2.47. The number of hydrogen-bond acceptors (Lipinski definition) is 4. The minimum atomic E-state index is 0.254. The Morgan fingerprint density at radius 3 is 3.13 bits per heavy atom. The van der Waals surface area contributed by atoms with Crippen molar-refractivity contribution >= 4 is 11.3 Å². The molecule has 0 spiro atoms. The van der Waals surface area contributed by atoms with Crippen LogP contribution in [-0.4, -0.2) is 18.8 Å². The van der Waals surface area contributed by atoms with Gasteiger partial charge in [0.1, 0.15) is 0 Å². The van der Waals surface area contributed by atoms with E-state index < -0.39 is 0 Å². The average Bonchev–Trinajstić information content (AvgIpc) is 2.80. The summed E-state index contributed by atoms with van der Waals surface area (Å²) in [7, 11) is 0. The van der Waals surface area contributed by atoms with Crippen molar-refractivity contribution in [3.8, 4) is 0 Å². The van der Waals surface area contributed by atoms with Gasteiger partial charge >= 0.3 is 0 Å². The normalized spacial score (nSPS) is 23.9. The molecule has 1 aromatic rings. The Morgan fingerprint density at radius 1 is 1.60 bits per heavy atom. The number of nitrogens with one attached hydrogen (secondary N) is 1. The summed E-state index contributed by atoms with van der Waals surface area (Å²) in [6.07, 6.45) is 4.82. The zero-order valence-corrected chi connectivity index (χ0v) is 9.63. The van der Waals surface area contributed by atoms with Crippen molar-refractivity contribution in [3.05, 3.63) is 22.4 Å². The smallest absolute Gasteiger partial charge is 0.0745 e. The van der Waals surface area contributed by atoms with E-state index in [9.17, 15) is 0 Å². The first-order chi connectivity index (χ1) is 7.40. The summed E-state index contributed by atoms with van der Waals surface area (Å²) < 4.78 is 5.74. The molecule has 0 amide bonds. The van der Waals surface area contributed by atoms with Crippen molar-refractivity contribution in [2.75, 3.05) is 6.61 Å². The molecule has 2 unspecified atom stereocenters. The third-order valence-corrected chi connectivity index (χ3v) is 3.78. The molecule has 3 N–H and O–H groups in total. The second-order valence-corrected chi connectivity index (χ2v) is 4.99. The van der Waals surface area contributed by atoms with Crippen molar-refractivity contribution in [2.24, 2.45) is 5.84 Å². The molecule has 2 heterocycles. The summed E-state index contributed by atoms with van der Waals surface area (Å²) in [5.74, 6) is 5.59. The minimum Gasteiger partial charge on any atom is -0.377 e. The molecule has 0 bridgehead atoms. The number of nitrogens with two attached hydrogens (primary N) is 1. The second kappa shape index (κ2) is 5.61. The Bertz CT molecular complexity index is 270. The highest BCUT2D eigenvalue weighted by Gasteiger charge is 2.23. The van der Waals surface area contributed by atoms with E-state index in [1.54, 1.807) is 11.3 Å². The van der Waals surface area contributed by atoms with Crippen LogP contribution < -0.4 is 11.3 Å². The van der Waals surface area contributed by atoms with E-state index in [1.165, 1.54) is 17.7 Å². The Kier molecular flexibility index (Phi) is 4.14. The number of ether oxygens (including phenoxy) is 1. The van der Waals surface area contributed by atoms with Gasteiger partial charge in [0, 0.05) is 17.9 Å². The maximum atomic E-state index is 5.74. The molecule has 1 fully saturated rings. The van der Waals surface area contributed by atoms with E-state index in [0.717, 1.165) is 19.4 Å². The molecule has 2 rings (SSSR count). The van der Waals surface area contributed by atoms with Crippen LogP contribution in [0.5, 0.6) is 0 Å². The largest absolute Gasteiger partial charge is 0.377 e. The predicted octanol–water partition coefficient (Wildman–Crippen LogP) is 1.69. The fourth-order valence-electron chi connectivity index (χ4n) is 2.03. The minimum absolute atomic E-state index is 0.254. The summed E-state index contributed by atoms with van der Waals surface area (Å²) in [5, 5.41) is 2.10. The lowest BCUT2D eigenvalue weighted by molar-refractivity contribution is -0.00728. The monoisotopic (exact) mass is 226 g/mol. The van der Waals surface area contributed by atoms with Crippen molar-refractivity contribution in [1.29, 1.82) is 0 Å². The summed E-state index contributed by atoms with van der Waals surface area (Å²) in [5.41, 5.74) is 2.89. The lowest BCUT2D eigenvalue weighted by Gasteiger charge is -2.29. The van der Waals surface area contributed by atoms with Crippen LogP contribution in [0.4, 0.5) is 0 Å². The molecule has 1 aliphatic heterocycles. The first-order valence-corrected chi connectivity index (χ1v) is 6.38. The van der Waals surface area contributed by atoms with Crippen LogP contribution in [0, 0.1) is 0 Å². The van der Waals surface area contributed by atoms with E-state index in [-0.39, 0.29) is 12.1 Å². The summed E-state index contributed by atoms with van der Waals surface area (Å²) in [6, 6.07) is 4.48. The Hall–Kier alpha value is -0.420. The highest BCUT2D eigenvalue weighted by Crippen LogP contribution is 2.19. The van der Waals surface area contributed by atoms with Crippen LogP contribution in [-0.2, 0) is 11.2 Å². The van der Waals surface area contributed by atoms with Crippen LogP contribution in [0.1, 0.15) is 24.1 Å². The zero-order valence-electron chi connectivity index (χ0n) is 8.82. The van der Waals surface area contributed by atoms with Gasteiger partial charge in [-0.1, -0.05) is 6.07 Å². The van der Waals surface area contributed by atoms with Gasteiger partial charge in [-0.15, -0.1) is 11.3 Å². The van der Waals surface area contributed by atoms with E-state index in [2.05, 4.69) is 22.9 Å².